The fraction of sp³-hybridized carbons (Fsp3) is 0.542. The van der Waals surface area contributed by atoms with E-state index in [-0.39, 0.29) is 47.6 Å². The zero-order valence-corrected chi connectivity index (χ0v) is 23.0. The van der Waals surface area contributed by atoms with E-state index in [0.717, 1.165) is 0 Å². The number of nitrogens with zero attached hydrogens (tertiary/aromatic N) is 4. The summed E-state index contributed by atoms with van der Waals surface area (Å²) in [7, 11) is 0.587. The van der Waals surface area contributed by atoms with Crippen LogP contribution in [0.2, 0.25) is 0 Å². The van der Waals surface area contributed by atoms with Crippen molar-refractivity contribution in [1.82, 2.24) is 18.8 Å². The molecular weight excluding hydrogens is 543 g/mol. The summed E-state index contributed by atoms with van der Waals surface area (Å²) in [5, 5.41) is 2.02. The number of alkyl halides is 3. The number of hydrogen-bond donors (Lipinski definition) is 1. The van der Waals surface area contributed by atoms with Crippen molar-refractivity contribution in [1.29, 1.82) is 0 Å². The fourth-order valence-corrected chi connectivity index (χ4v) is 5.87. The Hall–Kier alpha value is -3.17. The Balaban J connectivity index is 1.99. The number of anilines is 1. The van der Waals surface area contributed by atoms with Gasteiger partial charge in [0.15, 0.2) is 5.03 Å². The van der Waals surface area contributed by atoms with E-state index < -0.39 is 46.6 Å². The number of imidazole rings is 1. The lowest BCUT2D eigenvalue weighted by Crippen LogP contribution is -2.48. The van der Waals surface area contributed by atoms with E-state index in [1.807, 2.05) is 0 Å². The molecule has 1 aromatic carbocycles. The number of carbonyl (C=O) groups excluding carboxylic acids is 2. The number of aromatic nitrogens is 2. The summed E-state index contributed by atoms with van der Waals surface area (Å²) in [5.41, 5.74) is -0.0405. The molecule has 15 heteroatoms. The third kappa shape index (κ3) is 7.48. The molecule has 2 amide bonds. The van der Waals surface area contributed by atoms with Crippen molar-refractivity contribution in [3.05, 3.63) is 36.3 Å². The van der Waals surface area contributed by atoms with Crippen LogP contribution in [0.3, 0.4) is 0 Å². The van der Waals surface area contributed by atoms with Crippen molar-refractivity contribution in [2.75, 3.05) is 39.2 Å². The molecule has 3 atom stereocenters. The van der Waals surface area contributed by atoms with Crippen molar-refractivity contribution in [3.63, 3.8) is 0 Å². The average Bonchev–Trinajstić information content (AvgIpc) is 3.29. The van der Waals surface area contributed by atoms with E-state index in [0.29, 0.717) is 0 Å². The number of carbonyl (C=O) groups is 2. The minimum atomic E-state index is -4.69. The van der Waals surface area contributed by atoms with E-state index in [9.17, 15) is 31.2 Å². The largest absolute Gasteiger partial charge is 0.491 e. The van der Waals surface area contributed by atoms with Gasteiger partial charge >= 0.3 is 6.18 Å². The van der Waals surface area contributed by atoms with Crippen molar-refractivity contribution in [2.45, 2.75) is 43.6 Å². The van der Waals surface area contributed by atoms with Crippen LogP contribution in [0.5, 0.6) is 5.75 Å². The van der Waals surface area contributed by atoms with Gasteiger partial charge in [0.05, 0.1) is 24.0 Å². The normalized spacial score (nSPS) is 21.9. The summed E-state index contributed by atoms with van der Waals surface area (Å²) in [6, 6.07) is 3.17. The third-order valence-electron chi connectivity index (χ3n) is 6.29. The maximum absolute atomic E-state index is 13.5. The molecule has 0 saturated carbocycles. The van der Waals surface area contributed by atoms with Crippen molar-refractivity contribution in [2.24, 2.45) is 13.0 Å². The zero-order valence-electron chi connectivity index (χ0n) is 22.2. The number of likely N-dealkylation sites (N-methyl/N-ethyl adjacent to an activating group) is 1. The second kappa shape index (κ2) is 11.9. The van der Waals surface area contributed by atoms with E-state index >= 15 is 0 Å². The van der Waals surface area contributed by atoms with Crippen molar-refractivity contribution >= 4 is 27.5 Å². The van der Waals surface area contributed by atoms with Gasteiger partial charge < -0.3 is 24.3 Å². The Morgan fingerprint density at radius 1 is 1.23 bits per heavy atom. The number of sulfonamides is 1. The first kappa shape index (κ1) is 30.4. The minimum absolute atomic E-state index is 0.0169. The highest BCUT2D eigenvalue weighted by Crippen LogP contribution is 2.28. The predicted octanol–water partition coefficient (Wildman–Crippen LogP) is 2.51. The van der Waals surface area contributed by atoms with E-state index in [4.69, 9.17) is 9.47 Å². The number of amides is 2. The lowest BCUT2D eigenvalue weighted by atomic mass is 10.0. The Morgan fingerprint density at radius 3 is 2.51 bits per heavy atom. The Morgan fingerprint density at radius 2 is 1.92 bits per heavy atom. The summed E-state index contributed by atoms with van der Waals surface area (Å²) >= 11 is 0. The third-order valence-corrected chi connectivity index (χ3v) is 8.15. The predicted molar refractivity (Wildman–Crippen MR) is 135 cm³/mol. The Labute approximate surface area is 224 Å². The fourth-order valence-electron chi connectivity index (χ4n) is 4.19. The lowest BCUT2D eigenvalue weighted by molar-refractivity contribution is -0.150. The van der Waals surface area contributed by atoms with Gasteiger partial charge in [-0.05, 0) is 31.0 Å². The summed E-state index contributed by atoms with van der Waals surface area (Å²) in [6.07, 6.45) is -4.16. The number of rotatable bonds is 5. The number of halogens is 3. The van der Waals surface area contributed by atoms with Gasteiger partial charge in [-0.15, -0.1) is 0 Å². The molecule has 0 saturated heterocycles. The summed E-state index contributed by atoms with van der Waals surface area (Å²) in [6.45, 7) is 3.43. The van der Waals surface area contributed by atoms with Crippen LogP contribution in [0.4, 0.5) is 18.9 Å². The number of nitrogens with one attached hydrogen (secondary N) is 1. The van der Waals surface area contributed by atoms with Gasteiger partial charge in [0.1, 0.15) is 18.8 Å². The SMILES string of the molecule is CO[C@H]1CN(C)C(=O)c2cc(NC(=O)CC(F)(F)F)ccc2OC[C@@H](C)N(S(=O)(=O)c2cn(C)cn2)C[C@@H]1C. The molecule has 2 heterocycles. The first-order chi connectivity index (χ1) is 18.1. The Bertz CT molecular complexity index is 1300. The molecule has 0 bridgehead atoms. The van der Waals surface area contributed by atoms with Gasteiger partial charge in [-0.25, -0.2) is 13.4 Å². The smallest absolute Gasteiger partial charge is 0.397 e. The molecule has 0 spiro atoms. The van der Waals surface area contributed by atoms with Crippen LogP contribution in [0.25, 0.3) is 0 Å². The number of benzene rings is 1. The standard InChI is InChI=1S/C24H32F3N5O6S/c1-15-10-32(39(35,36)22-12-30(3)14-28-22)16(2)13-38-19-7-6-17(29-21(33)9-24(25,26)27)8-18(19)23(34)31(4)11-20(15)37-5/h6-8,12,14-16,20H,9-11,13H2,1-5H3,(H,29,33)/t15-,16+,20-/m0/s1. The van der Waals surface area contributed by atoms with Crippen molar-refractivity contribution in [3.8, 4) is 5.75 Å². The van der Waals surface area contributed by atoms with Gasteiger partial charge in [-0.1, -0.05) is 6.92 Å². The molecular formula is C24H32F3N5O6S. The summed E-state index contributed by atoms with van der Waals surface area (Å²) in [4.78, 5) is 30.5. The summed E-state index contributed by atoms with van der Waals surface area (Å²) in [5.74, 6) is -2.09. The quantitative estimate of drug-likeness (QED) is 0.581. The molecule has 11 nitrogen and oxygen atoms in total. The van der Waals surface area contributed by atoms with Gasteiger partial charge in [0, 0.05) is 46.2 Å². The minimum Gasteiger partial charge on any atom is -0.491 e. The van der Waals surface area contributed by atoms with Crippen LogP contribution in [0, 0.1) is 5.92 Å². The Kier molecular flexibility index (Phi) is 9.28. The van der Waals surface area contributed by atoms with E-state index in [1.54, 1.807) is 20.9 Å². The first-order valence-corrected chi connectivity index (χ1v) is 13.5. The second-order valence-electron chi connectivity index (χ2n) is 9.60. The monoisotopic (exact) mass is 575 g/mol. The first-order valence-electron chi connectivity index (χ1n) is 12.0. The summed E-state index contributed by atoms with van der Waals surface area (Å²) < 4.78 is 79.2. The van der Waals surface area contributed by atoms with E-state index in [2.05, 4.69) is 10.3 Å². The van der Waals surface area contributed by atoms with Gasteiger partial charge in [-0.3, -0.25) is 9.59 Å². The number of ether oxygens (including phenoxy) is 2. The van der Waals surface area contributed by atoms with Gasteiger partial charge in [-0.2, -0.15) is 17.5 Å². The van der Waals surface area contributed by atoms with Crippen LogP contribution >= 0.6 is 0 Å². The highest BCUT2D eigenvalue weighted by molar-refractivity contribution is 7.89. The average molecular weight is 576 g/mol. The maximum atomic E-state index is 13.5. The number of methoxy groups -OCH3 is 1. The van der Waals surface area contributed by atoms with Crippen LogP contribution in [-0.2, 0) is 26.6 Å². The van der Waals surface area contributed by atoms with E-state index in [1.165, 1.54) is 58.7 Å². The molecule has 1 N–H and O–H groups in total. The number of aryl methyl sites for hydroxylation is 1. The molecule has 0 radical (unpaired) electrons. The highest BCUT2D eigenvalue weighted by Gasteiger charge is 2.36. The van der Waals surface area contributed by atoms with Crippen molar-refractivity contribution < 1.29 is 40.7 Å². The van der Waals surface area contributed by atoms with Gasteiger partial charge in [0.25, 0.3) is 15.9 Å². The molecule has 2 aromatic rings. The molecule has 0 aliphatic carbocycles. The maximum Gasteiger partial charge on any atom is 0.397 e. The molecule has 1 aliphatic heterocycles. The molecule has 216 valence electrons. The second-order valence-corrected chi connectivity index (χ2v) is 11.4. The topological polar surface area (TPSA) is 123 Å². The molecule has 0 fully saturated rings. The van der Waals surface area contributed by atoms with Crippen LogP contribution in [-0.4, -0.2) is 91.2 Å². The molecule has 3 rings (SSSR count). The number of fused-ring (bicyclic) bond motifs is 1. The highest BCUT2D eigenvalue weighted by atomic mass is 32.2. The zero-order chi connectivity index (χ0) is 29.1. The molecule has 39 heavy (non-hydrogen) atoms. The molecule has 0 unspecified atom stereocenters. The van der Waals surface area contributed by atoms with Gasteiger partial charge in [0.2, 0.25) is 5.91 Å². The van der Waals surface area contributed by atoms with Crippen LogP contribution < -0.4 is 10.1 Å². The molecule has 1 aliphatic rings. The van der Waals surface area contributed by atoms with Crippen LogP contribution in [0.1, 0.15) is 30.6 Å². The van der Waals surface area contributed by atoms with Crippen LogP contribution in [0.15, 0.2) is 35.7 Å². The lowest BCUT2D eigenvalue weighted by Gasteiger charge is -2.35. The molecule has 1 aromatic heterocycles. The number of hydrogen-bond acceptors (Lipinski definition) is 7.